The monoisotopic (exact) mass is 394 g/mol. The molecule has 0 saturated carbocycles. The van der Waals surface area contributed by atoms with E-state index in [1.807, 2.05) is 44.4 Å². The van der Waals surface area contributed by atoms with E-state index in [2.05, 4.69) is 42.9 Å². The van der Waals surface area contributed by atoms with Gasteiger partial charge in [0.1, 0.15) is 22.9 Å². The highest BCUT2D eigenvalue weighted by molar-refractivity contribution is 5.62. The predicted octanol–water partition coefficient (Wildman–Crippen LogP) is 2.93. The Morgan fingerprint density at radius 2 is 2.07 bits per heavy atom. The third-order valence-electron chi connectivity index (χ3n) is 5.17. The van der Waals surface area contributed by atoms with Crippen molar-refractivity contribution >= 4 is 17.5 Å². The summed E-state index contributed by atoms with van der Waals surface area (Å²) in [6.45, 7) is 3.02. The van der Waals surface area contributed by atoms with Crippen LogP contribution in [0.4, 0.5) is 17.5 Å². The molecular weight excluding hydrogens is 368 g/mol. The molecule has 0 spiro atoms. The minimum absolute atomic E-state index is 0.316. The van der Waals surface area contributed by atoms with Gasteiger partial charge in [-0.3, -0.25) is 4.90 Å². The Morgan fingerprint density at radius 3 is 2.79 bits per heavy atom. The van der Waals surface area contributed by atoms with E-state index < -0.39 is 0 Å². The van der Waals surface area contributed by atoms with E-state index in [0.717, 1.165) is 41.5 Å². The normalized spacial score (nSPS) is 16.8. The second-order valence-electron chi connectivity index (χ2n) is 7.21. The molecular formula is C20H26N8O. The van der Waals surface area contributed by atoms with Crippen molar-refractivity contribution in [1.82, 2.24) is 29.9 Å². The highest BCUT2D eigenvalue weighted by atomic mass is 16.5. The summed E-state index contributed by atoms with van der Waals surface area (Å²) >= 11 is 0. The zero-order valence-electron chi connectivity index (χ0n) is 17.2. The molecule has 1 aliphatic rings. The number of nitrogens with one attached hydrogen (secondary N) is 2. The molecule has 3 aromatic rings. The van der Waals surface area contributed by atoms with Gasteiger partial charge in [-0.25, -0.2) is 9.67 Å². The molecule has 1 saturated heterocycles. The van der Waals surface area contributed by atoms with Gasteiger partial charge >= 0.3 is 0 Å². The average molecular weight is 394 g/mol. The lowest BCUT2D eigenvalue weighted by Crippen LogP contribution is -2.17. The molecule has 0 bridgehead atoms. The molecule has 9 heteroatoms. The first kappa shape index (κ1) is 19.1. The minimum atomic E-state index is 0.316. The van der Waals surface area contributed by atoms with E-state index >= 15 is 0 Å². The summed E-state index contributed by atoms with van der Waals surface area (Å²) in [4.78, 5) is 11.2. The van der Waals surface area contributed by atoms with Crippen molar-refractivity contribution < 1.29 is 4.74 Å². The average Bonchev–Trinajstić information content (AvgIpc) is 3.36. The molecule has 3 heterocycles. The number of aromatic nitrogens is 5. The number of methoxy groups -OCH3 is 1. The van der Waals surface area contributed by atoms with E-state index in [0.29, 0.717) is 17.7 Å². The molecule has 2 aromatic heterocycles. The van der Waals surface area contributed by atoms with E-state index in [1.165, 1.54) is 6.42 Å². The molecule has 0 aliphatic carbocycles. The number of likely N-dealkylation sites (tertiary alicyclic amines) is 1. The van der Waals surface area contributed by atoms with Crippen LogP contribution in [-0.2, 0) is 0 Å². The van der Waals surface area contributed by atoms with Crippen molar-refractivity contribution in [2.45, 2.75) is 25.8 Å². The summed E-state index contributed by atoms with van der Waals surface area (Å²) in [6, 6.07) is 7.99. The summed E-state index contributed by atoms with van der Waals surface area (Å²) in [5.41, 5.74) is 3.50. The number of anilines is 3. The number of aryl methyl sites for hydroxylation is 1. The van der Waals surface area contributed by atoms with Crippen LogP contribution in [0.25, 0.3) is 5.69 Å². The first-order valence-corrected chi connectivity index (χ1v) is 9.68. The van der Waals surface area contributed by atoms with Gasteiger partial charge in [-0.15, -0.1) is 5.10 Å². The van der Waals surface area contributed by atoms with E-state index in [9.17, 15) is 0 Å². The van der Waals surface area contributed by atoms with Gasteiger partial charge in [-0.2, -0.15) is 4.98 Å². The quantitative estimate of drug-likeness (QED) is 0.659. The van der Waals surface area contributed by atoms with E-state index in [4.69, 9.17) is 4.74 Å². The first-order chi connectivity index (χ1) is 14.1. The number of rotatable bonds is 6. The van der Waals surface area contributed by atoms with Crippen LogP contribution < -0.4 is 15.4 Å². The van der Waals surface area contributed by atoms with Crippen molar-refractivity contribution in [3.8, 4) is 11.4 Å². The van der Waals surface area contributed by atoms with Crippen molar-refractivity contribution in [1.29, 1.82) is 0 Å². The number of ether oxygens (including phenoxy) is 1. The van der Waals surface area contributed by atoms with Crippen molar-refractivity contribution in [2.75, 3.05) is 38.4 Å². The van der Waals surface area contributed by atoms with Crippen LogP contribution in [0.5, 0.6) is 5.75 Å². The van der Waals surface area contributed by atoms with Gasteiger partial charge in [-0.05, 0) is 51.6 Å². The smallest absolute Gasteiger partial charge is 0.229 e. The SMILES string of the molecule is CNc1cc(C)nc(Nc2ccc(OC)c(-n3cc(C4CCCN4C)nn3)c2)n1. The topological polar surface area (TPSA) is 93.0 Å². The van der Waals surface area contributed by atoms with Gasteiger partial charge in [0, 0.05) is 24.5 Å². The summed E-state index contributed by atoms with van der Waals surface area (Å²) < 4.78 is 7.31. The Labute approximate surface area is 170 Å². The van der Waals surface area contributed by atoms with Gasteiger partial charge < -0.3 is 15.4 Å². The maximum Gasteiger partial charge on any atom is 0.229 e. The third-order valence-corrected chi connectivity index (χ3v) is 5.17. The van der Waals surface area contributed by atoms with E-state index in [-0.39, 0.29) is 0 Å². The van der Waals surface area contributed by atoms with Gasteiger partial charge in [-0.1, -0.05) is 5.21 Å². The summed E-state index contributed by atoms with van der Waals surface area (Å²) in [5, 5.41) is 15.1. The fourth-order valence-electron chi connectivity index (χ4n) is 3.66. The summed E-state index contributed by atoms with van der Waals surface area (Å²) in [6.07, 6.45) is 4.27. The fourth-order valence-corrected chi connectivity index (χ4v) is 3.66. The van der Waals surface area contributed by atoms with Gasteiger partial charge in [0.15, 0.2) is 0 Å². The Morgan fingerprint density at radius 1 is 1.21 bits per heavy atom. The minimum Gasteiger partial charge on any atom is -0.494 e. The molecule has 1 fully saturated rings. The van der Waals surface area contributed by atoms with Gasteiger partial charge in [0.2, 0.25) is 5.95 Å². The van der Waals surface area contributed by atoms with Crippen LogP contribution in [0.3, 0.4) is 0 Å². The predicted molar refractivity (Wildman–Crippen MR) is 112 cm³/mol. The van der Waals surface area contributed by atoms with Crippen molar-refractivity contribution in [3.63, 3.8) is 0 Å². The number of hydrogen-bond acceptors (Lipinski definition) is 8. The standard InChI is InChI=1S/C20H26N8O/c1-13-10-19(21-2)24-20(22-13)23-14-7-8-18(29-4)17(11-14)28-12-15(25-26-28)16-6-5-9-27(16)3/h7-8,10-12,16H,5-6,9H2,1-4H3,(H2,21,22,23,24). The van der Waals surface area contributed by atoms with Crippen molar-refractivity contribution in [2.24, 2.45) is 0 Å². The molecule has 1 aromatic carbocycles. The molecule has 1 unspecified atom stereocenters. The van der Waals surface area contributed by atoms with Crippen LogP contribution in [0.2, 0.25) is 0 Å². The highest BCUT2D eigenvalue weighted by Gasteiger charge is 2.25. The Balaban J connectivity index is 1.64. The van der Waals surface area contributed by atoms with Crippen LogP contribution >= 0.6 is 0 Å². The number of nitrogens with zero attached hydrogens (tertiary/aromatic N) is 6. The lowest BCUT2D eigenvalue weighted by Gasteiger charge is -2.16. The largest absolute Gasteiger partial charge is 0.494 e. The maximum atomic E-state index is 5.55. The molecule has 152 valence electrons. The van der Waals surface area contributed by atoms with Crippen molar-refractivity contribution in [3.05, 3.63) is 41.9 Å². The molecule has 1 atom stereocenters. The van der Waals surface area contributed by atoms with Crippen LogP contribution in [0.15, 0.2) is 30.5 Å². The lowest BCUT2D eigenvalue weighted by atomic mass is 10.2. The van der Waals surface area contributed by atoms with Crippen LogP contribution in [-0.4, -0.2) is 57.6 Å². The molecule has 0 radical (unpaired) electrons. The Hall–Kier alpha value is -3.20. The maximum absolute atomic E-state index is 5.55. The molecule has 4 rings (SSSR count). The third kappa shape index (κ3) is 4.00. The Kier molecular flexibility index (Phi) is 5.30. The molecule has 2 N–H and O–H groups in total. The number of hydrogen-bond donors (Lipinski definition) is 2. The van der Waals surface area contributed by atoms with Gasteiger partial charge in [0.05, 0.1) is 19.3 Å². The summed E-state index contributed by atoms with van der Waals surface area (Å²) in [7, 11) is 5.61. The zero-order valence-corrected chi connectivity index (χ0v) is 17.2. The second-order valence-corrected chi connectivity index (χ2v) is 7.21. The Bertz CT molecular complexity index is 1000. The van der Waals surface area contributed by atoms with Gasteiger partial charge in [0.25, 0.3) is 0 Å². The summed E-state index contributed by atoms with van der Waals surface area (Å²) in [5.74, 6) is 2.00. The van der Waals surface area contributed by atoms with Crippen LogP contribution in [0, 0.1) is 6.92 Å². The number of benzene rings is 1. The molecule has 29 heavy (non-hydrogen) atoms. The fraction of sp³-hybridized carbons (Fsp3) is 0.400. The molecule has 0 amide bonds. The van der Waals surface area contributed by atoms with E-state index in [1.54, 1.807) is 11.8 Å². The zero-order chi connectivity index (χ0) is 20.4. The second kappa shape index (κ2) is 8.04. The van der Waals surface area contributed by atoms with Crippen LogP contribution in [0.1, 0.15) is 30.3 Å². The molecule has 9 nitrogen and oxygen atoms in total. The first-order valence-electron chi connectivity index (χ1n) is 9.68. The molecule has 1 aliphatic heterocycles. The lowest BCUT2D eigenvalue weighted by molar-refractivity contribution is 0.311. The highest BCUT2D eigenvalue weighted by Crippen LogP contribution is 2.31.